The number of likely N-dealkylation sites (tertiary alicyclic amines) is 4. The lowest BCUT2D eigenvalue weighted by Crippen LogP contribution is -2.60. The summed E-state index contributed by atoms with van der Waals surface area (Å²) in [5.74, 6) is -2.49. The molecule has 0 aromatic rings. The molecule has 0 aliphatic carbocycles. The highest BCUT2D eigenvalue weighted by atomic mass is 19.3. The van der Waals surface area contributed by atoms with Crippen LogP contribution < -0.4 is 0 Å². The number of rotatable bonds is 0. The predicted octanol–water partition coefficient (Wildman–Crippen LogP) is 17.4. The Labute approximate surface area is 463 Å². The summed E-state index contributed by atoms with van der Waals surface area (Å²) in [5.41, 5.74) is -0.886. The van der Waals surface area contributed by atoms with Crippen LogP contribution in [0.1, 0.15) is 260 Å². The van der Waals surface area contributed by atoms with E-state index < -0.39 is 23.4 Å². The zero-order valence-electron chi connectivity index (χ0n) is 55.7. The van der Waals surface area contributed by atoms with E-state index in [2.05, 4.69) is 232 Å². The van der Waals surface area contributed by atoms with E-state index in [-0.39, 0.29) is 68.2 Å². The highest BCUT2D eigenvalue weighted by Crippen LogP contribution is 2.45. The molecule has 450 valence electrons. The molecule has 0 aromatic carbocycles. The maximum absolute atomic E-state index is 14.2. The van der Waals surface area contributed by atoms with Crippen molar-refractivity contribution in [2.45, 2.75) is 341 Å². The zero-order chi connectivity index (χ0) is 59.8. The Bertz CT molecular complexity index is 1540. The highest BCUT2D eigenvalue weighted by Gasteiger charge is 2.51. The van der Waals surface area contributed by atoms with Crippen LogP contribution in [-0.2, 0) is 4.74 Å². The van der Waals surface area contributed by atoms with E-state index in [1.54, 1.807) is 13.8 Å². The molecule has 5 heterocycles. The van der Waals surface area contributed by atoms with Crippen LogP contribution in [0.4, 0.5) is 22.0 Å². The van der Waals surface area contributed by atoms with Gasteiger partial charge in [0.2, 0.25) is 0 Å². The number of hydrogen-bond donors (Lipinski definition) is 0. The van der Waals surface area contributed by atoms with E-state index >= 15 is 0 Å². The maximum atomic E-state index is 14.2. The van der Waals surface area contributed by atoms with Gasteiger partial charge in [-0.05, 0) is 170 Å². The Hall–Kier alpha value is -0.590. The van der Waals surface area contributed by atoms with Gasteiger partial charge in [0.15, 0.2) is 0 Å². The van der Waals surface area contributed by atoms with Crippen LogP contribution in [0.2, 0.25) is 0 Å². The first-order valence-corrected chi connectivity index (χ1v) is 29.5. The van der Waals surface area contributed by atoms with E-state index in [9.17, 15) is 22.0 Å². The second-order valence-electron chi connectivity index (χ2n) is 34.8. The van der Waals surface area contributed by atoms with Crippen LogP contribution in [-0.4, -0.2) is 152 Å². The average molecular weight is 1080 g/mol. The van der Waals surface area contributed by atoms with Crippen LogP contribution in [0.5, 0.6) is 0 Å². The monoisotopic (exact) mass is 1080 g/mol. The number of halogens is 5. The Morgan fingerprint density at radius 3 is 1.07 bits per heavy atom. The van der Waals surface area contributed by atoms with Crippen molar-refractivity contribution >= 4 is 0 Å². The minimum Gasteiger partial charge on any atom is -0.378 e. The van der Waals surface area contributed by atoms with Gasteiger partial charge in [0.1, 0.15) is 17.5 Å². The van der Waals surface area contributed by atoms with Gasteiger partial charge in [-0.15, -0.1) is 0 Å². The van der Waals surface area contributed by atoms with Gasteiger partial charge in [-0.1, -0.05) is 104 Å². The fourth-order valence-corrected chi connectivity index (χ4v) is 12.2. The lowest BCUT2D eigenvalue weighted by molar-refractivity contribution is -0.122. The normalized spacial score (nSPS) is 31.0. The summed E-state index contributed by atoms with van der Waals surface area (Å²) in [4.78, 5) is 11.8. The molecule has 0 spiro atoms. The number of nitrogens with zero attached hydrogens (tertiary/aromatic N) is 5. The van der Waals surface area contributed by atoms with Gasteiger partial charge in [0, 0.05) is 103 Å². The molecular weight excluding hydrogens is 950 g/mol. The molecule has 5 saturated heterocycles. The predicted molar refractivity (Wildman–Crippen MR) is 316 cm³/mol. The number of piperidine rings is 2. The van der Waals surface area contributed by atoms with Crippen LogP contribution >= 0.6 is 0 Å². The van der Waals surface area contributed by atoms with Crippen molar-refractivity contribution < 1.29 is 26.7 Å². The summed E-state index contributed by atoms with van der Waals surface area (Å²) < 4.78 is 74.4. The molecule has 0 radical (unpaired) electrons. The van der Waals surface area contributed by atoms with Crippen molar-refractivity contribution in [3.8, 4) is 0 Å². The van der Waals surface area contributed by atoms with E-state index in [1.165, 1.54) is 0 Å². The SMILES string of the molecule is CC(C)(C)C1CC(F)(F)CCN1C(C)(C)C.CC(C)(C)C1CC(F)CN1C(C)(C)C.CC(C)(C)C1COCCN1C(C)(C)C.CC1(F)CC(C(C)(C)C)N(C(C)(C)C)C1.CC1(F)CCC(C(C)(C)C)N(C(C)(C)C)C1. The molecule has 5 rings (SSSR count). The van der Waals surface area contributed by atoms with E-state index in [1.807, 2.05) is 0 Å². The Morgan fingerprint density at radius 1 is 0.387 bits per heavy atom. The maximum Gasteiger partial charge on any atom is 0.250 e. The molecule has 5 fully saturated rings. The van der Waals surface area contributed by atoms with Crippen molar-refractivity contribution in [3.05, 3.63) is 0 Å². The van der Waals surface area contributed by atoms with Crippen molar-refractivity contribution in [2.24, 2.45) is 27.1 Å². The first-order chi connectivity index (χ1) is 32.7. The molecule has 0 amide bonds. The van der Waals surface area contributed by atoms with Gasteiger partial charge in [0.25, 0.3) is 5.92 Å². The average Bonchev–Trinajstić information content (AvgIpc) is 3.73. The van der Waals surface area contributed by atoms with Crippen LogP contribution in [0.15, 0.2) is 0 Å². The molecular formula is C64H128F5N5O. The number of ether oxygens (including phenoxy) is 1. The van der Waals surface area contributed by atoms with Crippen LogP contribution in [0.3, 0.4) is 0 Å². The molecule has 6 nitrogen and oxygen atoms in total. The molecule has 5 aliphatic heterocycles. The number of morpholine rings is 1. The molecule has 0 aromatic heterocycles. The third kappa shape index (κ3) is 23.4. The quantitative estimate of drug-likeness (QED) is 0.224. The van der Waals surface area contributed by atoms with Gasteiger partial charge in [-0.2, -0.15) is 0 Å². The van der Waals surface area contributed by atoms with Crippen molar-refractivity contribution in [1.29, 1.82) is 0 Å². The molecule has 0 bridgehead atoms. The summed E-state index contributed by atoms with van der Waals surface area (Å²) in [6.45, 7) is 74.4. The first kappa shape index (κ1) is 72.4. The fourth-order valence-electron chi connectivity index (χ4n) is 12.2. The molecule has 0 saturated carbocycles. The minimum absolute atomic E-state index is 0.00313. The zero-order valence-corrected chi connectivity index (χ0v) is 55.7. The molecule has 5 aliphatic rings. The van der Waals surface area contributed by atoms with Crippen LogP contribution in [0.25, 0.3) is 0 Å². The molecule has 0 N–H and O–H groups in total. The van der Waals surface area contributed by atoms with E-state index in [4.69, 9.17) is 4.74 Å². The summed E-state index contributed by atoms with van der Waals surface area (Å²) in [6, 6.07) is 1.69. The van der Waals surface area contributed by atoms with E-state index in [0.717, 1.165) is 26.2 Å². The fraction of sp³-hybridized carbons (Fsp3) is 1.00. The standard InChI is InChI=1S/C14H28FN.C13H25F2N.C13H26FN.C12H24FN.C12H25NO/c1-12(2,3)11-8-9-14(7,15)10-16(11)13(4,5)6;1-11(2,3)10-9-13(14,15)7-8-16(10)12(4,5)6;1-11(2,3)10-8-13(7,14)9-15(10)12(4,5)6;1-11(2,3)10-7-9(13)8-14(10)12(4,5)6;1-11(2,3)10-9-14-8-7-13(10)12(4,5)6/h11H,8-10H2,1-7H3;10H,7-9H2,1-6H3;10H,8-9H2,1-7H3;9-10H,7-8H2,1-6H3;10H,7-9H2,1-6H3. The third-order valence-corrected chi connectivity index (χ3v) is 16.6. The molecule has 8 unspecified atom stereocenters. The summed E-state index contributed by atoms with van der Waals surface area (Å²) >= 11 is 0. The van der Waals surface area contributed by atoms with Crippen LogP contribution in [0, 0.1) is 27.1 Å². The van der Waals surface area contributed by atoms with Gasteiger partial charge in [0.05, 0.1) is 13.2 Å². The Kier molecular flexibility index (Phi) is 24.0. The lowest BCUT2D eigenvalue weighted by Gasteiger charge is -2.53. The highest BCUT2D eigenvalue weighted by molar-refractivity contribution is 5.04. The van der Waals surface area contributed by atoms with Gasteiger partial charge < -0.3 is 4.74 Å². The summed E-state index contributed by atoms with van der Waals surface area (Å²) in [5, 5.41) is 0. The third-order valence-electron chi connectivity index (χ3n) is 16.6. The smallest absolute Gasteiger partial charge is 0.250 e. The lowest BCUT2D eigenvalue weighted by atomic mass is 9.76. The topological polar surface area (TPSA) is 25.4 Å². The second kappa shape index (κ2) is 24.9. The second-order valence-corrected chi connectivity index (χ2v) is 34.8. The van der Waals surface area contributed by atoms with Gasteiger partial charge in [-0.3, -0.25) is 24.5 Å². The molecule has 11 heteroatoms. The van der Waals surface area contributed by atoms with Crippen molar-refractivity contribution in [3.63, 3.8) is 0 Å². The number of alkyl halides is 5. The Balaban J connectivity index is 0.000000469. The minimum atomic E-state index is -2.49. The van der Waals surface area contributed by atoms with Gasteiger partial charge in [-0.25, -0.2) is 22.0 Å². The van der Waals surface area contributed by atoms with Gasteiger partial charge >= 0.3 is 0 Å². The first-order valence-electron chi connectivity index (χ1n) is 29.5. The van der Waals surface area contributed by atoms with E-state index in [0.29, 0.717) is 75.0 Å². The summed E-state index contributed by atoms with van der Waals surface area (Å²) in [6.07, 6.45) is 2.37. The molecule has 75 heavy (non-hydrogen) atoms. The van der Waals surface area contributed by atoms with Crippen molar-refractivity contribution in [2.75, 3.05) is 45.9 Å². The largest absolute Gasteiger partial charge is 0.378 e. The van der Waals surface area contributed by atoms with Crippen molar-refractivity contribution in [1.82, 2.24) is 24.5 Å². The number of hydrogen-bond acceptors (Lipinski definition) is 6. The Morgan fingerprint density at radius 2 is 0.733 bits per heavy atom. The molecule has 8 atom stereocenters. The summed E-state index contributed by atoms with van der Waals surface area (Å²) in [7, 11) is 0.